The molecule has 0 aliphatic carbocycles. The Morgan fingerprint density at radius 1 is 1.21 bits per heavy atom. The fraction of sp³-hybridized carbons (Fsp3) is 1.00. The van der Waals surface area contributed by atoms with E-state index in [4.69, 9.17) is 0 Å². The van der Waals surface area contributed by atoms with E-state index in [2.05, 4.69) is 20.1 Å². The van der Waals surface area contributed by atoms with Gasteiger partial charge in [-0.2, -0.15) is 11.8 Å². The summed E-state index contributed by atoms with van der Waals surface area (Å²) in [4.78, 5) is 0. The molecule has 0 aliphatic heterocycles. The summed E-state index contributed by atoms with van der Waals surface area (Å²) in [5.74, 6) is 1.64. The maximum Gasteiger partial charge on any atom is 0.0509 e. The highest BCUT2D eigenvalue weighted by Gasteiger charge is 2.28. The fourth-order valence-corrected chi connectivity index (χ4v) is 2.33. The molecule has 0 saturated heterocycles. The van der Waals surface area contributed by atoms with Crippen LogP contribution in [0.5, 0.6) is 0 Å². The van der Waals surface area contributed by atoms with Gasteiger partial charge in [-0.3, -0.25) is 0 Å². The van der Waals surface area contributed by atoms with Crippen molar-refractivity contribution in [2.75, 3.05) is 25.2 Å². The molecular formula is C11H24O2S. The van der Waals surface area contributed by atoms with E-state index in [0.29, 0.717) is 5.92 Å². The summed E-state index contributed by atoms with van der Waals surface area (Å²) in [6, 6.07) is 0. The van der Waals surface area contributed by atoms with Crippen molar-refractivity contribution >= 4 is 11.8 Å². The summed E-state index contributed by atoms with van der Waals surface area (Å²) >= 11 is 1.82. The maximum absolute atomic E-state index is 9.36. The molecule has 0 bridgehead atoms. The molecule has 0 atom stereocenters. The van der Waals surface area contributed by atoms with Crippen LogP contribution in [0.2, 0.25) is 0 Å². The van der Waals surface area contributed by atoms with Gasteiger partial charge in [0.25, 0.3) is 0 Å². The normalized spacial score (nSPS) is 12.4. The number of aliphatic hydroxyl groups excluding tert-OH is 2. The molecule has 0 aromatic heterocycles. The molecule has 0 heterocycles. The molecule has 0 radical (unpaired) electrons. The Hall–Kier alpha value is 0.270. The third kappa shape index (κ3) is 5.23. The Kier molecular flexibility index (Phi) is 7.69. The van der Waals surface area contributed by atoms with E-state index in [1.807, 2.05) is 11.8 Å². The van der Waals surface area contributed by atoms with Crippen molar-refractivity contribution in [1.82, 2.24) is 0 Å². The molecule has 0 fully saturated rings. The molecule has 86 valence electrons. The Labute approximate surface area is 92.1 Å². The van der Waals surface area contributed by atoms with Gasteiger partial charge in [0, 0.05) is 5.41 Å². The van der Waals surface area contributed by atoms with Crippen molar-refractivity contribution in [2.45, 2.75) is 33.1 Å². The quantitative estimate of drug-likeness (QED) is 0.616. The largest absolute Gasteiger partial charge is 0.396 e. The Bertz CT molecular complexity index is 133. The molecule has 0 rings (SSSR count). The lowest BCUT2D eigenvalue weighted by atomic mass is 9.78. The van der Waals surface area contributed by atoms with Crippen LogP contribution in [0.4, 0.5) is 0 Å². The second-order valence-electron chi connectivity index (χ2n) is 4.51. The van der Waals surface area contributed by atoms with Crippen molar-refractivity contribution in [3.05, 3.63) is 0 Å². The summed E-state index contributed by atoms with van der Waals surface area (Å²) < 4.78 is 0. The molecule has 2 nitrogen and oxygen atoms in total. The average molecular weight is 220 g/mol. The lowest BCUT2D eigenvalue weighted by Crippen LogP contribution is -2.31. The molecule has 0 aromatic rings. The van der Waals surface area contributed by atoms with Crippen LogP contribution < -0.4 is 0 Å². The monoisotopic (exact) mass is 220 g/mol. The zero-order valence-corrected chi connectivity index (χ0v) is 10.4. The highest BCUT2D eigenvalue weighted by atomic mass is 32.2. The third-order valence-corrected chi connectivity index (χ3v) is 3.26. The molecule has 3 heteroatoms. The molecule has 2 N–H and O–H groups in total. The van der Waals surface area contributed by atoms with Gasteiger partial charge in [0.15, 0.2) is 0 Å². The summed E-state index contributed by atoms with van der Waals surface area (Å²) in [7, 11) is 0. The number of hydrogen-bond acceptors (Lipinski definition) is 3. The molecule has 0 unspecified atom stereocenters. The molecule has 0 saturated carbocycles. The molecular weight excluding hydrogens is 196 g/mol. The minimum absolute atomic E-state index is 0.107. The van der Waals surface area contributed by atoms with Crippen LogP contribution in [0.25, 0.3) is 0 Å². The van der Waals surface area contributed by atoms with E-state index in [1.165, 1.54) is 0 Å². The summed E-state index contributed by atoms with van der Waals surface area (Å²) in [5, 5.41) is 18.7. The lowest BCUT2D eigenvalue weighted by Gasteiger charge is -2.31. The predicted octanol–water partition coefficient (Wildman–Crippen LogP) is 2.15. The van der Waals surface area contributed by atoms with E-state index in [1.54, 1.807) is 0 Å². The van der Waals surface area contributed by atoms with E-state index in [-0.39, 0.29) is 18.6 Å². The fourth-order valence-electron chi connectivity index (χ4n) is 1.90. The van der Waals surface area contributed by atoms with Crippen LogP contribution in [0.15, 0.2) is 0 Å². The zero-order valence-electron chi connectivity index (χ0n) is 9.62. The van der Waals surface area contributed by atoms with E-state index >= 15 is 0 Å². The summed E-state index contributed by atoms with van der Waals surface area (Å²) in [6.07, 6.45) is 5.00. The molecule has 0 spiro atoms. The van der Waals surface area contributed by atoms with Crippen molar-refractivity contribution in [2.24, 2.45) is 11.3 Å². The maximum atomic E-state index is 9.36. The van der Waals surface area contributed by atoms with Crippen molar-refractivity contribution in [3.63, 3.8) is 0 Å². The summed E-state index contributed by atoms with van der Waals surface area (Å²) in [5.41, 5.74) is -0.246. The third-order valence-electron chi connectivity index (χ3n) is 2.57. The van der Waals surface area contributed by atoms with Gasteiger partial charge in [-0.1, -0.05) is 13.8 Å². The van der Waals surface area contributed by atoms with E-state index in [0.717, 1.165) is 25.0 Å². The van der Waals surface area contributed by atoms with Gasteiger partial charge in [-0.15, -0.1) is 0 Å². The number of thioether (sulfide) groups is 1. The van der Waals surface area contributed by atoms with Crippen molar-refractivity contribution < 1.29 is 10.2 Å². The molecule has 0 aromatic carbocycles. The minimum Gasteiger partial charge on any atom is -0.396 e. The van der Waals surface area contributed by atoms with Gasteiger partial charge in [0.2, 0.25) is 0 Å². The van der Waals surface area contributed by atoms with Crippen molar-refractivity contribution in [3.8, 4) is 0 Å². The summed E-state index contributed by atoms with van der Waals surface area (Å²) in [6.45, 7) is 4.48. The minimum atomic E-state index is -0.246. The molecule has 14 heavy (non-hydrogen) atoms. The predicted molar refractivity (Wildman–Crippen MR) is 63.7 cm³/mol. The first-order chi connectivity index (χ1) is 6.60. The van der Waals surface area contributed by atoms with E-state index < -0.39 is 0 Å². The van der Waals surface area contributed by atoms with Gasteiger partial charge >= 0.3 is 0 Å². The van der Waals surface area contributed by atoms with Gasteiger partial charge in [0.1, 0.15) is 0 Å². The van der Waals surface area contributed by atoms with Gasteiger partial charge < -0.3 is 10.2 Å². The van der Waals surface area contributed by atoms with Gasteiger partial charge in [-0.05, 0) is 37.2 Å². The zero-order chi connectivity index (χ0) is 11.0. The Balaban J connectivity index is 4.07. The molecule has 0 amide bonds. The first kappa shape index (κ1) is 14.3. The highest BCUT2D eigenvalue weighted by Crippen LogP contribution is 2.31. The number of hydrogen-bond donors (Lipinski definition) is 2. The van der Waals surface area contributed by atoms with Crippen LogP contribution >= 0.6 is 11.8 Å². The smallest absolute Gasteiger partial charge is 0.0509 e. The first-order valence-electron chi connectivity index (χ1n) is 5.31. The van der Waals surface area contributed by atoms with Crippen LogP contribution in [0.1, 0.15) is 33.1 Å². The van der Waals surface area contributed by atoms with Crippen molar-refractivity contribution in [1.29, 1.82) is 0 Å². The Morgan fingerprint density at radius 2 is 1.79 bits per heavy atom. The van der Waals surface area contributed by atoms with Crippen LogP contribution in [-0.4, -0.2) is 35.4 Å². The van der Waals surface area contributed by atoms with Gasteiger partial charge in [0.05, 0.1) is 13.2 Å². The number of rotatable bonds is 8. The number of aliphatic hydroxyl groups is 2. The topological polar surface area (TPSA) is 40.5 Å². The standard InChI is InChI=1S/C11H24O2S/c1-10(2)7-11(8-12,9-13)5-4-6-14-3/h10,12-13H,4-9H2,1-3H3. The van der Waals surface area contributed by atoms with E-state index in [9.17, 15) is 10.2 Å². The second kappa shape index (κ2) is 7.55. The molecule has 0 aliphatic rings. The SMILES string of the molecule is CSCCCC(CO)(CO)CC(C)C. The average Bonchev–Trinajstić information content (AvgIpc) is 2.16. The van der Waals surface area contributed by atoms with Gasteiger partial charge in [-0.25, -0.2) is 0 Å². The van der Waals surface area contributed by atoms with Crippen LogP contribution in [0, 0.1) is 11.3 Å². The van der Waals surface area contributed by atoms with Crippen LogP contribution in [0.3, 0.4) is 0 Å². The van der Waals surface area contributed by atoms with Crippen LogP contribution in [-0.2, 0) is 0 Å². The Morgan fingerprint density at radius 3 is 2.14 bits per heavy atom. The highest BCUT2D eigenvalue weighted by molar-refractivity contribution is 7.98. The second-order valence-corrected chi connectivity index (χ2v) is 5.50. The lowest BCUT2D eigenvalue weighted by molar-refractivity contribution is 0.0293. The first-order valence-corrected chi connectivity index (χ1v) is 6.70.